The predicted molar refractivity (Wildman–Crippen MR) is 76.0 cm³/mol. The van der Waals surface area contributed by atoms with E-state index < -0.39 is 5.97 Å². The highest BCUT2D eigenvalue weighted by molar-refractivity contribution is 6.41. The van der Waals surface area contributed by atoms with Crippen LogP contribution in [-0.2, 0) is 11.2 Å². The van der Waals surface area contributed by atoms with Gasteiger partial charge in [-0.15, -0.1) is 0 Å². The van der Waals surface area contributed by atoms with Gasteiger partial charge in [-0.05, 0) is 23.8 Å². The summed E-state index contributed by atoms with van der Waals surface area (Å²) < 4.78 is 0. The highest BCUT2D eigenvalue weighted by atomic mass is 35.5. The van der Waals surface area contributed by atoms with E-state index in [9.17, 15) is 4.79 Å². The summed E-state index contributed by atoms with van der Waals surface area (Å²) in [6.45, 7) is 0. The normalized spacial score (nSPS) is 10.5. The fraction of sp³-hybridized carbons (Fsp3) is 0.0769. The van der Waals surface area contributed by atoms with Crippen LogP contribution in [0.5, 0.6) is 0 Å². The molecule has 0 spiro atoms. The number of benzene rings is 1. The SMILES string of the molecule is O=C(O)Cc1cncc(-c2c(Cl)cc(Cl)cc2Cl)c1. The Morgan fingerprint density at radius 3 is 2.32 bits per heavy atom. The van der Waals surface area contributed by atoms with Crippen LogP contribution in [0.1, 0.15) is 5.56 Å². The molecule has 0 saturated heterocycles. The number of carboxylic acid groups (broad SMARTS) is 1. The fourth-order valence-corrected chi connectivity index (χ4v) is 2.75. The van der Waals surface area contributed by atoms with Gasteiger partial charge in [0.1, 0.15) is 0 Å². The lowest BCUT2D eigenvalue weighted by atomic mass is 10.0. The van der Waals surface area contributed by atoms with E-state index in [4.69, 9.17) is 39.9 Å². The number of carboxylic acids is 1. The zero-order valence-electron chi connectivity index (χ0n) is 9.53. The summed E-state index contributed by atoms with van der Waals surface area (Å²) in [6.07, 6.45) is 2.96. The Kier molecular flexibility index (Phi) is 4.30. The van der Waals surface area contributed by atoms with Crippen LogP contribution in [0.4, 0.5) is 0 Å². The van der Waals surface area contributed by atoms with E-state index in [1.807, 2.05) is 0 Å². The maximum absolute atomic E-state index is 10.7. The molecule has 0 saturated carbocycles. The molecule has 0 fully saturated rings. The molecule has 98 valence electrons. The molecule has 1 N–H and O–H groups in total. The van der Waals surface area contributed by atoms with Crippen molar-refractivity contribution in [2.75, 3.05) is 0 Å². The zero-order valence-corrected chi connectivity index (χ0v) is 11.8. The number of hydrogen-bond acceptors (Lipinski definition) is 2. The Hall–Kier alpha value is -1.29. The number of nitrogens with zero attached hydrogens (tertiary/aromatic N) is 1. The van der Waals surface area contributed by atoms with Gasteiger partial charge in [-0.2, -0.15) is 0 Å². The molecule has 0 amide bonds. The molecule has 0 aliphatic carbocycles. The standard InChI is InChI=1S/C13H8Cl3NO2/c14-9-3-10(15)13(11(16)4-9)8-1-7(2-12(18)19)5-17-6-8/h1,3-6H,2H2,(H,18,19). The van der Waals surface area contributed by atoms with Gasteiger partial charge in [-0.25, -0.2) is 0 Å². The van der Waals surface area contributed by atoms with Crippen LogP contribution in [0.25, 0.3) is 11.1 Å². The first-order valence-electron chi connectivity index (χ1n) is 5.28. The maximum Gasteiger partial charge on any atom is 0.307 e. The second-order valence-electron chi connectivity index (χ2n) is 3.90. The molecule has 0 aliphatic heterocycles. The van der Waals surface area contributed by atoms with E-state index in [1.165, 1.54) is 6.20 Å². The lowest BCUT2D eigenvalue weighted by Crippen LogP contribution is -2.00. The molecule has 1 aromatic heterocycles. The lowest BCUT2D eigenvalue weighted by Gasteiger charge is -2.08. The molecule has 0 atom stereocenters. The van der Waals surface area contributed by atoms with Crippen molar-refractivity contribution < 1.29 is 9.90 Å². The Balaban J connectivity index is 2.50. The Morgan fingerprint density at radius 1 is 1.11 bits per heavy atom. The fourth-order valence-electron chi connectivity index (χ4n) is 1.71. The smallest absolute Gasteiger partial charge is 0.307 e. The lowest BCUT2D eigenvalue weighted by molar-refractivity contribution is -0.136. The van der Waals surface area contributed by atoms with Gasteiger partial charge in [0.25, 0.3) is 0 Å². The molecule has 2 aromatic rings. The van der Waals surface area contributed by atoms with Gasteiger partial charge >= 0.3 is 5.97 Å². The third kappa shape index (κ3) is 3.38. The van der Waals surface area contributed by atoms with E-state index >= 15 is 0 Å². The van der Waals surface area contributed by atoms with Crippen LogP contribution in [0.2, 0.25) is 15.1 Å². The van der Waals surface area contributed by atoms with Gasteiger partial charge in [0.05, 0.1) is 16.5 Å². The largest absolute Gasteiger partial charge is 0.481 e. The summed E-state index contributed by atoms with van der Waals surface area (Å²) in [4.78, 5) is 14.7. The van der Waals surface area contributed by atoms with Crippen molar-refractivity contribution in [2.24, 2.45) is 0 Å². The van der Waals surface area contributed by atoms with Crippen LogP contribution in [0, 0.1) is 0 Å². The number of aliphatic carboxylic acids is 1. The minimum atomic E-state index is -0.924. The van der Waals surface area contributed by atoms with Crippen molar-refractivity contribution in [3.63, 3.8) is 0 Å². The Labute approximate surface area is 124 Å². The molecule has 0 radical (unpaired) electrons. The quantitative estimate of drug-likeness (QED) is 0.916. The Bertz CT molecular complexity index is 621. The molecule has 19 heavy (non-hydrogen) atoms. The van der Waals surface area contributed by atoms with Crippen LogP contribution in [-0.4, -0.2) is 16.1 Å². The third-order valence-electron chi connectivity index (χ3n) is 2.45. The molecule has 0 aliphatic rings. The van der Waals surface area contributed by atoms with Crippen molar-refractivity contribution in [2.45, 2.75) is 6.42 Å². The number of pyridine rings is 1. The highest BCUT2D eigenvalue weighted by Gasteiger charge is 2.12. The van der Waals surface area contributed by atoms with Crippen LogP contribution in [0.3, 0.4) is 0 Å². The van der Waals surface area contributed by atoms with Gasteiger partial charge in [-0.1, -0.05) is 34.8 Å². The molecule has 0 unspecified atom stereocenters. The summed E-state index contributed by atoms with van der Waals surface area (Å²) in [5.41, 5.74) is 1.82. The average molecular weight is 317 g/mol. The second-order valence-corrected chi connectivity index (χ2v) is 5.15. The first-order valence-corrected chi connectivity index (χ1v) is 6.41. The van der Waals surface area contributed by atoms with Crippen LogP contribution in [0.15, 0.2) is 30.6 Å². The summed E-state index contributed by atoms with van der Waals surface area (Å²) in [5, 5.41) is 10.0. The van der Waals surface area contributed by atoms with Crippen molar-refractivity contribution in [1.29, 1.82) is 0 Å². The minimum Gasteiger partial charge on any atom is -0.481 e. The maximum atomic E-state index is 10.7. The van der Waals surface area contributed by atoms with E-state index in [1.54, 1.807) is 24.4 Å². The number of carbonyl (C=O) groups is 1. The van der Waals surface area contributed by atoms with Crippen molar-refractivity contribution >= 4 is 40.8 Å². The highest BCUT2D eigenvalue weighted by Crippen LogP contribution is 2.37. The molecular formula is C13H8Cl3NO2. The van der Waals surface area contributed by atoms with Gasteiger partial charge in [0.2, 0.25) is 0 Å². The van der Waals surface area contributed by atoms with Crippen molar-refractivity contribution in [3.05, 3.63) is 51.2 Å². The summed E-state index contributed by atoms with van der Waals surface area (Å²) >= 11 is 18.1. The summed E-state index contributed by atoms with van der Waals surface area (Å²) in [7, 11) is 0. The third-order valence-corrected chi connectivity index (χ3v) is 3.26. The predicted octanol–water partition coefficient (Wildman–Crippen LogP) is 4.34. The number of halogens is 3. The molecule has 0 bridgehead atoms. The van der Waals surface area contributed by atoms with Gasteiger partial charge in [0, 0.05) is 28.5 Å². The second kappa shape index (κ2) is 5.78. The topological polar surface area (TPSA) is 50.2 Å². The molecule has 3 nitrogen and oxygen atoms in total. The number of rotatable bonds is 3. The van der Waals surface area contributed by atoms with Gasteiger partial charge < -0.3 is 5.11 Å². The summed E-state index contributed by atoms with van der Waals surface area (Å²) in [5.74, 6) is -0.924. The minimum absolute atomic E-state index is 0.107. The first-order chi connectivity index (χ1) is 8.97. The van der Waals surface area contributed by atoms with Crippen molar-refractivity contribution in [3.8, 4) is 11.1 Å². The molecule has 1 heterocycles. The van der Waals surface area contributed by atoms with Gasteiger partial charge in [0.15, 0.2) is 0 Å². The zero-order chi connectivity index (χ0) is 14.0. The monoisotopic (exact) mass is 315 g/mol. The molecule has 2 rings (SSSR count). The van der Waals surface area contributed by atoms with E-state index in [0.717, 1.165) is 0 Å². The summed E-state index contributed by atoms with van der Waals surface area (Å²) in [6, 6.07) is 4.85. The first kappa shape index (κ1) is 14.1. The van der Waals surface area contributed by atoms with E-state index in [0.29, 0.717) is 31.8 Å². The average Bonchev–Trinajstić information content (AvgIpc) is 2.26. The molecule has 1 aromatic carbocycles. The number of aromatic nitrogens is 1. The van der Waals surface area contributed by atoms with Gasteiger partial charge in [-0.3, -0.25) is 9.78 Å². The van der Waals surface area contributed by atoms with Crippen molar-refractivity contribution in [1.82, 2.24) is 4.98 Å². The number of hydrogen-bond donors (Lipinski definition) is 1. The van der Waals surface area contributed by atoms with E-state index in [-0.39, 0.29) is 6.42 Å². The Morgan fingerprint density at radius 2 is 1.74 bits per heavy atom. The molecule has 6 heteroatoms. The molecular weight excluding hydrogens is 309 g/mol. The van der Waals surface area contributed by atoms with E-state index in [2.05, 4.69) is 4.98 Å². The van der Waals surface area contributed by atoms with Crippen LogP contribution >= 0.6 is 34.8 Å². The van der Waals surface area contributed by atoms with Crippen LogP contribution < -0.4 is 0 Å².